The molecule has 0 aliphatic heterocycles. The lowest BCUT2D eigenvalue weighted by Gasteiger charge is -2.06. The van der Waals surface area contributed by atoms with Crippen molar-refractivity contribution >= 4 is 35.2 Å². The molecule has 0 unspecified atom stereocenters. The zero-order chi connectivity index (χ0) is 13.7. The predicted octanol–water partition coefficient (Wildman–Crippen LogP) is 2.98. The molecule has 0 atom stereocenters. The summed E-state index contributed by atoms with van der Waals surface area (Å²) in [7, 11) is 1.43. The maximum atomic E-state index is 10.8. The van der Waals surface area contributed by atoms with Gasteiger partial charge in [0.25, 0.3) is 0 Å². The lowest BCUT2D eigenvalue weighted by atomic mass is 10.2. The maximum absolute atomic E-state index is 10.8. The summed E-state index contributed by atoms with van der Waals surface area (Å²) < 4.78 is 4.96. The van der Waals surface area contributed by atoms with Crippen LogP contribution < -0.4 is 9.65 Å². The van der Waals surface area contributed by atoms with Gasteiger partial charge in [-0.25, -0.2) is 4.79 Å². The molecule has 0 spiro atoms. The number of ether oxygens (including phenoxy) is 1. The van der Waals surface area contributed by atoms with Crippen LogP contribution in [0, 0.1) is 5.53 Å². The van der Waals surface area contributed by atoms with Gasteiger partial charge < -0.3 is 9.84 Å². The van der Waals surface area contributed by atoms with E-state index in [1.807, 2.05) is 0 Å². The molecule has 0 amide bonds. The van der Waals surface area contributed by atoms with Gasteiger partial charge in [0.2, 0.25) is 10.6 Å². The van der Waals surface area contributed by atoms with Crippen LogP contribution in [0.2, 0.25) is 10.0 Å². The predicted molar refractivity (Wildman–Crippen MR) is 65.9 cm³/mol. The molecule has 2 N–H and O–H groups in total. The zero-order valence-corrected chi connectivity index (χ0v) is 10.7. The summed E-state index contributed by atoms with van der Waals surface area (Å²) in [5, 5.41) is 12.3. The molecular weight excluding hydrogens is 281 g/mol. The van der Waals surface area contributed by atoms with E-state index in [1.165, 1.54) is 19.2 Å². The molecule has 0 aliphatic rings. The number of carboxylic acid groups (broad SMARTS) is 1. The number of nitrogens with one attached hydrogen (secondary N) is 1. The number of methoxy groups -OCH3 is 1. The Morgan fingerprint density at radius 2 is 2.17 bits per heavy atom. The standard InChI is InChI=1S/C10H7Cl2N3O3/c1-18-7-3-2-5(8(11)9(7)12)4-6(10(16)17)14-15-13/h2-4,13H,1H3/p+1/b6-4-. The summed E-state index contributed by atoms with van der Waals surface area (Å²) in [5.74, 6) is -0.952. The van der Waals surface area contributed by atoms with Crippen molar-refractivity contribution in [2.75, 3.05) is 7.11 Å². The van der Waals surface area contributed by atoms with Crippen molar-refractivity contribution in [2.24, 2.45) is 5.11 Å². The average Bonchev–Trinajstić information content (AvgIpc) is 2.34. The van der Waals surface area contributed by atoms with Crippen LogP contribution in [-0.2, 0) is 4.79 Å². The van der Waals surface area contributed by atoms with E-state index in [1.54, 1.807) is 0 Å². The summed E-state index contributed by atoms with van der Waals surface area (Å²) in [6.45, 7) is 0. The largest absolute Gasteiger partial charge is 0.495 e. The highest BCUT2D eigenvalue weighted by Crippen LogP contribution is 2.35. The summed E-state index contributed by atoms with van der Waals surface area (Å²) in [6.07, 6.45) is 1.16. The van der Waals surface area contributed by atoms with Crippen molar-refractivity contribution in [2.45, 2.75) is 0 Å². The van der Waals surface area contributed by atoms with Gasteiger partial charge in [0.15, 0.2) is 5.11 Å². The van der Waals surface area contributed by atoms with Crippen LogP contribution in [0.25, 0.3) is 6.08 Å². The number of nitrogens with zero attached hydrogens (tertiary/aromatic N) is 2. The van der Waals surface area contributed by atoms with Crippen LogP contribution in [0.1, 0.15) is 5.56 Å². The van der Waals surface area contributed by atoms with E-state index in [-0.39, 0.29) is 10.0 Å². The van der Waals surface area contributed by atoms with Gasteiger partial charge in [0.05, 0.1) is 12.1 Å². The Bertz CT molecular complexity index is 562. The first-order chi connectivity index (χ1) is 8.51. The number of aliphatic carboxylic acids is 1. The molecule has 8 heteroatoms. The minimum Gasteiger partial charge on any atom is -0.495 e. The van der Waals surface area contributed by atoms with E-state index >= 15 is 0 Å². The molecule has 94 valence electrons. The Balaban J connectivity index is 3.34. The monoisotopic (exact) mass is 288 g/mol. The third-order valence-corrected chi connectivity index (χ3v) is 2.84. The van der Waals surface area contributed by atoms with Gasteiger partial charge in [0.1, 0.15) is 16.3 Å². The second-order valence-corrected chi connectivity index (χ2v) is 3.78. The third-order valence-electron chi connectivity index (χ3n) is 1.97. The van der Waals surface area contributed by atoms with Gasteiger partial charge >= 0.3 is 5.97 Å². The second-order valence-electron chi connectivity index (χ2n) is 3.02. The van der Waals surface area contributed by atoms with Crippen LogP contribution in [0.3, 0.4) is 0 Å². The molecule has 6 nitrogen and oxygen atoms in total. The van der Waals surface area contributed by atoms with Crippen molar-refractivity contribution in [3.8, 4) is 5.75 Å². The van der Waals surface area contributed by atoms with Crippen LogP contribution >= 0.6 is 23.2 Å². The molecule has 0 aliphatic carbocycles. The summed E-state index contributed by atoms with van der Waals surface area (Å²) >= 11 is 11.9. The topological polar surface area (TPSA) is 96.8 Å². The molecule has 18 heavy (non-hydrogen) atoms. The third kappa shape index (κ3) is 3.07. The summed E-state index contributed by atoms with van der Waals surface area (Å²) in [4.78, 5) is 13.5. The Labute approximate surface area is 112 Å². The first-order valence-electron chi connectivity index (χ1n) is 4.55. The fourth-order valence-electron chi connectivity index (χ4n) is 1.15. The lowest BCUT2D eigenvalue weighted by molar-refractivity contribution is -0.132. The number of hydrogen-bond donors (Lipinski definition) is 2. The van der Waals surface area contributed by atoms with Crippen molar-refractivity contribution < 1.29 is 14.6 Å². The normalized spacial score (nSPS) is 10.7. The number of rotatable bonds is 4. The molecule has 1 aromatic rings. The molecule has 0 saturated heterocycles. The van der Waals surface area contributed by atoms with Gasteiger partial charge in [0, 0.05) is 0 Å². The van der Waals surface area contributed by atoms with E-state index in [0.717, 1.165) is 6.08 Å². The molecular formula is C10H8Cl2N3O3+. The van der Waals surface area contributed by atoms with Crippen LogP contribution in [-0.4, -0.2) is 18.2 Å². The van der Waals surface area contributed by atoms with Gasteiger partial charge in [-0.1, -0.05) is 23.2 Å². The average molecular weight is 289 g/mol. The second kappa shape index (κ2) is 6.16. The molecule has 1 rings (SSSR count). The van der Waals surface area contributed by atoms with Gasteiger partial charge in [-0.15, -0.1) is 0 Å². The van der Waals surface area contributed by atoms with Crippen molar-refractivity contribution in [3.05, 3.63) is 33.4 Å². The minimum absolute atomic E-state index is 0.134. The number of carboxylic acids is 1. The maximum Gasteiger partial charge on any atom is 0.362 e. The van der Waals surface area contributed by atoms with E-state index < -0.39 is 11.7 Å². The van der Waals surface area contributed by atoms with Crippen molar-refractivity contribution in [1.82, 2.24) is 4.91 Å². The highest BCUT2D eigenvalue weighted by molar-refractivity contribution is 6.43. The van der Waals surface area contributed by atoms with Crippen molar-refractivity contribution in [1.29, 1.82) is 5.53 Å². The number of carbonyl (C=O) groups is 1. The first-order valence-corrected chi connectivity index (χ1v) is 5.31. The molecule has 0 radical (unpaired) electrons. The molecule has 0 aromatic heterocycles. The lowest BCUT2D eigenvalue weighted by Crippen LogP contribution is -1.98. The highest BCUT2D eigenvalue weighted by Gasteiger charge is 2.15. The van der Waals surface area contributed by atoms with Crippen LogP contribution in [0.4, 0.5) is 0 Å². The SMILES string of the molecule is COc1ccc(/C=C(\N=[N+]=N)C(=O)O)c(Cl)c1Cl. The number of benzene rings is 1. The van der Waals surface area contributed by atoms with Gasteiger partial charge in [-0.05, 0) is 23.8 Å². The Kier molecular flexibility index (Phi) is 4.85. The van der Waals surface area contributed by atoms with Gasteiger partial charge in [-0.2, -0.15) is 0 Å². The minimum atomic E-state index is -1.32. The van der Waals surface area contributed by atoms with Crippen LogP contribution in [0.15, 0.2) is 22.9 Å². The van der Waals surface area contributed by atoms with Crippen LogP contribution in [0.5, 0.6) is 5.75 Å². The molecule has 1 aromatic carbocycles. The van der Waals surface area contributed by atoms with Gasteiger partial charge in [-0.3, -0.25) is 0 Å². The quantitative estimate of drug-likeness (QED) is 0.506. The Hall–Kier alpha value is -1.88. The zero-order valence-electron chi connectivity index (χ0n) is 9.15. The Morgan fingerprint density at radius 1 is 1.50 bits per heavy atom. The van der Waals surface area contributed by atoms with E-state index in [2.05, 4.69) is 10.0 Å². The first kappa shape index (κ1) is 14.2. The Morgan fingerprint density at radius 3 is 2.67 bits per heavy atom. The summed E-state index contributed by atoms with van der Waals surface area (Å²) in [6, 6.07) is 3.06. The van der Waals surface area contributed by atoms with E-state index in [0.29, 0.717) is 11.3 Å². The van der Waals surface area contributed by atoms with Crippen molar-refractivity contribution in [3.63, 3.8) is 0 Å². The highest BCUT2D eigenvalue weighted by atomic mass is 35.5. The smallest absolute Gasteiger partial charge is 0.362 e. The number of halogens is 2. The molecule has 0 heterocycles. The fourth-order valence-corrected chi connectivity index (χ4v) is 1.61. The van der Waals surface area contributed by atoms with E-state index in [4.69, 9.17) is 38.6 Å². The molecule has 0 saturated carbocycles. The molecule has 0 bridgehead atoms. The molecule has 0 fully saturated rings. The number of hydrogen-bond acceptors (Lipinski definition) is 4. The van der Waals surface area contributed by atoms with E-state index in [9.17, 15) is 4.79 Å². The fraction of sp³-hybridized carbons (Fsp3) is 0.100. The summed E-state index contributed by atoms with van der Waals surface area (Å²) in [5.41, 5.74) is 6.44.